The fraction of sp³-hybridized carbons (Fsp3) is 0.211. The summed E-state index contributed by atoms with van der Waals surface area (Å²) < 4.78 is 0.695. The Morgan fingerprint density at radius 2 is 2.00 bits per heavy atom. The highest BCUT2D eigenvalue weighted by Crippen LogP contribution is 2.33. The molecule has 0 saturated heterocycles. The van der Waals surface area contributed by atoms with Gasteiger partial charge in [0.05, 0.1) is 26.2 Å². The average molecular weight is 452 g/mol. The van der Waals surface area contributed by atoms with Crippen LogP contribution in [0, 0.1) is 0 Å². The molecule has 1 aromatic carbocycles. The molecule has 0 aliphatic heterocycles. The van der Waals surface area contributed by atoms with Crippen molar-refractivity contribution in [3.05, 3.63) is 51.7 Å². The van der Waals surface area contributed by atoms with E-state index in [0.29, 0.717) is 15.0 Å². The maximum atomic E-state index is 12.7. The molecular formula is C19H18ClN3O2S3. The zero-order valence-electron chi connectivity index (χ0n) is 15.2. The Morgan fingerprint density at radius 1 is 1.21 bits per heavy atom. The Kier molecular flexibility index (Phi) is 7.12. The van der Waals surface area contributed by atoms with Crippen LogP contribution in [0.1, 0.15) is 24.2 Å². The highest BCUT2D eigenvalue weighted by Gasteiger charge is 2.15. The van der Waals surface area contributed by atoms with Crippen LogP contribution in [0.4, 0.5) is 5.13 Å². The standard InChI is InChI=1S/C19H18ClN3O2S3/c1-11(2)21-17(24)10-26-14-6-4-3-5-12(14)18(25)23-19-22-13(9-27-19)15-7-8-16(20)28-15/h3-9,11H,10H2,1-2H3,(H,21,24)(H,22,23,25). The van der Waals surface area contributed by atoms with Crippen molar-refractivity contribution in [2.75, 3.05) is 11.1 Å². The van der Waals surface area contributed by atoms with Gasteiger partial charge >= 0.3 is 0 Å². The number of thioether (sulfide) groups is 1. The predicted molar refractivity (Wildman–Crippen MR) is 119 cm³/mol. The number of rotatable bonds is 7. The number of thiazole rings is 1. The molecule has 0 aliphatic carbocycles. The van der Waals surface area contributed by atoms with E-state index in [4.69, 9.17) is 11.6 Å². The molecular weight excluding hydrogens is 434 g/mol. The van der Waals surface area contributed by atoms with E-state index in [1.54, 1.807) is 12.1 Å². The van der Waals surface area contributed by atoms with Crippen LogP contribution in [0.2, 0.25) is 4.34 Å². The van der Waals surface area contributed by atoms with Gasteiger partial charge in [-0.3, -0.25) is 14.9 Å². The van der Waals surface area contributed by atoms with Crippen molar-refractivity contribution in [1.29, 1.82) is 0 Å². The summed E-state index contributed by atoms with van der Waals surface area (Å²) in [5.74, 6) is -0.0601. The molecule has 2 N–H and O–H groups in total. The van der Waals surface area contributed by atoms with Gasteiger partial charge in [-0.15, -0.1) is 34.4 Å². The third kappa shape index (κ3) is 5.57. The number of thiophene rings is 1. The number of anilines is 1. The molecule has 2 amide bonds. The lowest BCUT2D eigenvalue weighted by molar-refractivity contribution is -0.119. The molecule has 146 valence electrons. The quantitative estimate of drug-likeness (QED) is 0.472. The Balaban J connectivity index is 1.68. The van der Waals surface area contributed by atoms with Gasteiger partial charge in [0, 0.05) is 16.3 Å². The van der Waals surface area contributed by atoms with E-state index in [1.807, 2.05) is 43.5 Å². The third-order valence-corrected chi connectivity index (χ3v) is 6.58. The fourth-order valence-corrected chi connectivity index (χ4v) is 4.99. The number of hydrogen-bond acceptors (Lipinski definition) is 6. The second kappa shape index (κ2) is 9.56. The lowest BCUT2D eigenvalue weighted by Crippen LogP contribution is -2.31. The second-order valence-electron chi connectivity index (χ2n) is 6.10. The SMILES string of the molecule is CC(C)NC(=O)CSc1ccccc1C(=O)Nc1nc(-c2ccc(Cl)s2)cs1. The Labute approximate surface area is 180 Å². The normalized spacial score (nSPS) is 10.9. The van der Waals surface area contributed by atoms with Gasteiger partial charge in [-0.2, -0.15) is 0 Å². The van der Waals surface area contributed by atoms with Crippen LogP contribution >= 0.6 is 46.0 Å². The van der Waals surface area contributed by atoms with Crippen LogP contribution < -0.4 is 10.6 Å². The van der Waals surface area contributed by atoms with E-state index in [2.05, 4.69) is 15.6 Å². The molecule has 3 aromatic rings. The van der Waals surface area contributed by atoms with Crippen LogP contribution in [0.25, 0.3) is 10.6 Å². The van der Waals surface area contributed by atoms with Gasteiger partial charge in [-0.1, -0.05) is 23.7 Å². The minimum atomic E-state index is -0.252. The van der Waals surface area contributed by atoms with Crippen molar-refractivity contribution in [1.82, 2.24) is 10.3 Å². The first kappa shape index (κ1) is 20.9. The number of carbonyl (C=O) groups is 2. The third-order valence-electron chi connectivity index (χ3n) is 3.49. The molecule has 0 bridgehead atoms. The van der Waals surface area contributed by atoms with Crippen molar-refractivity contribution in [2.24, 2.45) is 0 Å². The summed E-state index contributed by atoms with van der Waals surface area (Å²) in [4.78, 5) is 30.8. The van der Waals surface area contributed by atoms with E-state index in [0.717, 1.165) is 15.5 Å². The summed E-state index contributed by atoms with van der Waals surface area (Å²) in [5, 5.41) is 8.09. The Bertz CT molecular complexity index is 984. The Hall–Kier alpha value is -1.87. The van der Waals surface area contributed by atoms with Crippen molar-refractivity contribution in [2.45, 2.75) is 24.8 Å². The van der Waals surface area contributed by atoms with E-state index in [9.17, 15) is 9.59 Å². The van der Waals surface area contributed by atoms with Gasteiger partial charge in [0.1, 0.15) is 0 Å². The van der Waals surface area contributed by atoms with Crippen molar-refractivity contribution in [3.63, 3.8) is 0 Å². The topological polar surface area (TPSA) is 71.1 Å². The monoisotopic (exact) mass is 451 g/mol. The van der Waals surface area contributed by atoms with Crippen molar-refractivity contribution >= 4 is 63.0 Å². The molecule has 0 radical (unpaired) electrons. The van der Waals surface area contributed by atoms with Gasteiger partial charge in [-0.05, 0) is 38.1 Å². The maximum absolute atomic E-state index is 12.7. The summed E-state index contributed by atoms with van der Waals surface area (Å²) in [7, 11) is 0. The maximum Gasteiger partial charge on any atom is 0.258 e. The lowest BCUT2D eigenvalue weighted by atomic mass is 10.2. The van der Waals surface area contributed by atoms with Crippen molar-refractivity contribution in [3.8, 4) is 10.6 Å². The molecule has 2 heterocycles. The van der Waals surface area contributed by atoms with Gasteiger partial charge in [-0.25, -0.2) is 4.98 Å². The first-order chi connectivity index (χ1) is 13.4. The van der Waals surface area contributed by atoms with E-state index in [1.165, 1.54) is 34.4 Å². The largest absolute Gasteiger partial charge is 0.353 e. The first-order valence-corrected chi connectivity index (χ1v) is 11.5. The highest BCUT2D eigenvalue weighted by molar-refractivity contribution is 8.00. The summed E-state index contributed by atoms with van der Waals surface area (Å²) in [5.41, 5.74) is 1.30. The minimum Gasteiger partial charge on any atom is -0.353 e. The van der Waals surface area contributed by atoms with Gasteiger partial charge in [0.15, 0.2) is 5.13 Å². The molecule has 0 saturated carbocycles. The number of carbonyl (C=O) groups excluding carboxylic acids is 2. The summed E-state index contributed by atoms with van der Waals surface area (Å²) in [6, 6.07) is 11.0. The zero-order chi connectivity index (χ0) is 20.1. The predicted octanol–water partition coefficient (Wildman–Crippen LogP) is 5.39. The molecule has 2 aromatic heterocycles. The molecule has 3 rings (SSSR count). The molecule has 0 unspecified atom stereocenters. The van der Waals surface area contributed by atoms with Crippen LogP contribution in [0.3, 0.4) is 0 Å². The van der Waals surface area contributed by atoms with Crippen LogP contribution in [0.15, 0.2) is 46.7 Å². The van der Waals surface area contributed by atoms with Gasteiger partial charge in [0.25, 0.3) is 5.91 Å². The van der Waals surface area contributed by atoms with Gasteiger partial charge < -0.3 is 5.32 Å². The number of nitrogens with zero attached hydrogens (tertiary/aromatic N) is 1. The summed E-state index contributed by atoms with van der Waals surface area (Å²) in [6.45, 7) is 3.83. The molecule has 9 heteroatoms. The van der Waals surface area contributed by atoms with Crippen molar-refractivity contribution < 1.29 is 9.59 Å². The fourth-order valence-electron chi connectivity index (χ4n) is 2.35. The number of nitrogens with one attached hydrogen (secondary N) is 2. The number of benzene rings is 1. The molecule has 0 atom stereocenters. The molecule has 0 spiro atoms. The number of hydrogen-bond donors (Lipinski definition) is 2. The summed E-state index contributed by atoms with van der Waals surface area (Å²) >= 11 is 10.1. The first-order valence-electron chi connectivity index (χ1n) is 8.46. The molecule has 0 aliphatic rings. The minimum absolute atomic E-state index is 0.0608. The average Bonchev–Trinajstić information content (AvgIpc) is 3.28. The molecule has 5 nitrogen and oxygen atoms in total. The molecule has 28 heavy (non-hydrogen) atoms. The number of halogens is 1. The van der Waals surface area contributed by atoms with E-state index >= 15 is 0 Å². The molecule has 0 fully saturated rings. The zero-order valence-corrected chi connectivity index (χ0v) is 18.4. The second-order valence-corrected chi connectivity index (χ2v) is 9.69. The lowest BCUT2D eigenvalue weighted by Gasteiger charge is -2.10. The smallest absolute Gasteiger partial charge is 0.258 e. The number of aromatic nitrogens is 1. The van der Waals surface area contributed by atoms with E-state index < -0.39 is 0 Å². The summed E-state index contributed by atoms with van der Waals surface area (Å²) in [6.07, 6.45) is 0. The van der Waals surface area contributed by atoms with Crippen LogP contribution in [-0.4, -0.2) is 28.6 Å². The van der Waals surface area contributed by atoms with Crippen LogP contribution in [0.5, 0.6) is 0 Å². The van der Waals surface area contributed by atoms with E-state index in [-0.39, 0.29) is 23.6 Å². The number of amides is 2. The highest BCUT2D eigenvalue weighted by atomic mass is 35.5. The van der Waals surface area contributed by atoms with Gasteiger partial charge in [0.2, 0.25) is 5.91 Å². The Morgan fingerprint density at radius 3 is 2.71 bits per heavy atom. The van der Waals surface area contributed by atoms with Crippen LogP contribution in [-0.2, 0) is 4.79 Å².